The van der Waals surface area contributed by atoms with Crippen LogP contribution in [0.5, 0.6) is 0 Å². The number of hydrogen-bond acceptors (Lipinski definition) is 4. The first-order chi connectivity index (χ1) is 9.68. The monoisotopic (exact) mass is 278 g/mol. The van der Waals surface area contributed by atoms with Crippen molar-refractivity contribution in [3.63, 3.8) is 0 Å². The largest absolute Gasteiger partial charge is 0.478 e. The molecule has 1 aliphatic heterocycles. The standard InChI is InChI=1S/C15H18O5/c16-14(17)13-12(15(18)20-13)8-4-5-9-19-10-11-6-2-1-3-7-11/h1-3,6-7,12-13H,4-5,8-10H2,(H,16,17)/t12-,13+/m1/s1. The molecule has 0 aliphatic carbocycles. The Kier molecular flexibility index (Phi) is 5.12. The maximum Gasteiger partial charge on any atom is 0.345 e. The molecule has 5 heteroatoms. The van der Waals surface area contributed by atoms with Crippen LogP contribution in [0.25, 0.3) is 0 Å². The van der Waals surface area contributed by atoms with Crippen LogP contribution in [0.15, 0.2) is 30.3 Å². The van der Waals surface area contributed by atoms with Gasteiger partial charge in [0.1, 0.15) is 5.92 Å². The van der Waals surface area contributed by atoms with Crippen LogP contribution in [0, 0.1) is 5.92 Å². The summed E-state index contributed by atoms with van der Waals surface area (Å²) in [6, 6.07) is 9.89. The van der Waals surface area contributed by atoms with Crippen LogP contribution in [0.4, 0.5) is 0 Å². The van der Waals surface area contributed by atoms with Gasteiger partial charge in [0.25, 0.3) is 0 Å². The Hall–Kier alpha value is -1.88. The van der Waals surface area contributed by atoms with Crippen LogP contribution in [-0.2, 0) is 25.7 Å². The first kappa shape index (κ1) is 14.5. The topological polar surface area (TPSA) is 72.8 Å². The molecule has 1 aromatic rings. The van der Waals surface area contributed by atoms with E-state index in [0.717, 1.165) is 18.4 Å². The molecular weight excluding hydrogens is 260 g/mol. The van der Waals surface area contributed by atoms with E-state index >= 15 is 0 Å². The van der Waals surface area contributed by atoms with Crippen molar-refractivity contribution < 1.29 is 24.2 Å². The number of benzene rings is 1. The molecule has 0 unspecified atom stereocenters. The van der Waals surface area contributed by atoms with E-state index in [9.17, 15) is 9.59 Å². The molecule has 0 saturated carbocycles. The Labute approximate surface area is 117 Å². The number of aliphatic carboxylic acids is 1. The average molecular weight is 278 g/mol. The molecule has 1 saturated heterocycles. The number of carbonyl (C=O) groups excluding carboxylic acids is 1. The Morgan fingerprint density at radius 2 is 2.00 bits per heavy atom. The molecule has 108 valence electrons. The van der Waals surface area contributed by atoms with Crippen molar-refractivity contribution in [1.82, 2.24) is 0 Å². The second-order valence-electron chi connectivity index (χ2n) is 4.84. The van der Waals surface area contributed by atoms with Gasteiger partial charge in [-0.3, -0.25) is 4.79 Å². The maximum atomic E-state index is 11.1. The van der Waals surface area contributed by atoms with E-state index in [0.29, 0.717) is 19.6 Å². The van der Waals surface area contributed by atoms with Gasteiger partial charge in [-0.05, 0) is 18.4 Å². The predicted octanol–water partition coefficient (Wildman–Crippen LogP) is 2.00. The summed E-state index contributed by atoms with van der Waals surface area (Å²) in [5, 5.41) is 8.79. The third kappa shape index (κ3) is 3.81. The number of unbranched alkanes of at least 4 members (excludes halogenated alkanes) is 1. The lowest BCUT2D eigenvalue weighted by atomic mass is 9.91. The summed E-state index contributed by atoms with van der Waals surface area (Å²) in [6.07, 6.45) is 1.17. The minimum Gasteiger partial charge on any atom is -0.478 e. The highest BCUT2D eigenvalue weighted by atomic mass is 16.6. The summed E-state index contributed by atoms with van der Waals surface area (Å²) >= 11 is 0. The summed E-state index contributed by atoms with van der Waals surface area (Å²) in [7, 11) is 0. The number of ether oxygens (including phenoxy) is 2. The van der Waals surface area contributed by atoms with E-state index in [1.807, 2.05) is 30.3 Å². The Bertz CT molecular complexity index is 457. The van der Waals surface area contributed by atoms with E-state index < -0.39 is 24.0 Å². The van der Waals surface area contributed by atoms with Gasteiger partial charge >= 0.3 is 11.9 Å². The van der Waals surface area contributed by atoms with Gasteiger partial charge < -0.3 is 14.6 Å². The number of hydrogen-bond donors (Lipinski definition) is 1. The third-order valence-corrected chi connectivity index (χ3v) is 3.32. The van der Waals surface area contributed by atoms with Crippen LogP contribution in [0.3, 0.4) is 0 Å². The SMILES string of the molecule is O=C(O)[C@H]1OC(=O)[C@@H]1CCCCOCc1ccccc1. The highest BCUT2D eigenvalue weighted by molar-refractivity contribution is 5.90. The summed E-state index contributed by atoms with van der Waals surface area (Å²) in [4.78, 5) is 21.9. The van der Waals surface area contributed by atoms with E-state index in [1.54, 1.807) is 0 Å². The molecule has 1 aliphatic rings. The van der Waals surface area contributed by atoms with Gasteiger partial charge in [0.2, 0.25) is 6.10 Å². The van der Waals surface area contributed by atoms with E-state index in [1.165, 1.54) is 0 Å². The number of cyclic esters (lactones) is 1. The van der Waals surface area contributed by atoms with Gasteiger partial charge in [-0.2, -0.15) is 0 Å². The van der Waals surface area contributed by atoms with Crippen LogP contribution in [-0.4, -0.2) is 29.8 Å². The first-order valence-corrected chi connectivity index (χ1v) is 6.73. The number of carboxylic acids is 1. The molecule has 0 bridgehead atoms. The Morgan fingerprint density at radius 3 is 2.65 bits per heavy atom. The van der Waals surface area contributed by atoms with Gasteiger partial charge in [0, 0.05) is 6.61 Å². The number of esters is 1. The quantitative estimate of drug-likeness (QED) is 0.581. The molecule has 1 fully saturated rings. The normalized spacial score (nSPS) is 21.1. The fraction of sp³-hybridized carbons (Fsp3) is 0.467. The van der Waals surface area contributed by atoms with Crippen molar-refractivity contribution in [2.45, 2.75) is 32.0 Å². The lowest BCUT2D eigenvalue weighted by molar-refractivity contribution is -0.196. The molecule has 20 heavy (non-hydrogen) atoms. The molecule has 2 atom stereocenters. The summed E-state index contributed by atoms with van der Waals surface area (Å²) in [5.74, 6) is -1.95. The second kappa shape index (κ2) is 7.05. The lowest BCUT2D eigenvalue weighted by Crippen LogP contribution is -2.49. The molecule has 0 radical (unpaired) electrons. The van der Waals surface area contributed by atoms with E-state index in [2.05, 4.69) is 4.74 Å². The van der Waals surface area contributed by atoms with E-state index in [-0.39, 0.29) is 0 Å². The van der Waals surface area contributed by atoms with E-state index in [4.69, 9.17) is 9.84 Å². The Balaban J connectivity index is 1.56. The molecule has 1 aromatic carbocycles. The van der Waals surface area contributed by atoms with Crippen molar-refractivity contribution in [3.8, 4) is 0 Å². The Morgan fingerprint density at radius 1 is 1.25 bits per heavy atom. The zero-order valence-electron chi connectivity index (χ0n) is 11.2. The van der Waals surface area contributed by atoms with Crippen molar-refractivity contribution in [1.29, 1.82) is 0 Å². The maximum absolute atomic E-state index is 11.1. The van der Waals surface area contributed by atoms with Gasteiger partial charge in [0.05, 0.1) is 6.61 Å². The predicted molar refractivity (Wildman–Crippen MR) is 71.0 cm³/mol. The van der Waals surface area contributed by atoms with Crippen molar-refractivity contribution in [3.05, 3.63) is 35.9 Å². The summed E-state index contributed by atoms with van der Waals surface area (Å²) in [6.45, 7) is 1.18. The van der Waals surface area contributed by atoms with Gasteiger partial charge in [-0.25, -0.2) is 4.79 Å². The molecule has 1 N–H and O–H groups in total. The second-order valence-corrected chi connectivity index (χ2v) is 4.84. The highest BCUT2D eigenvalue weighted by Gasteiger charge is 2.46. The molecule has 2 rings (SSSR count). The zero-order valence-corrected chi connectivity index (χ0v) is 11.2. The summed E-state index contributed by atoms with van der Waals surface area (Å²) < 4.78 is 10.1. The highest BCUT2D eigenvalue weighted by Crippen LogP contribution is 2.27. The van der Waals surface area contributed by atoms with Crippen LogP contribution >= 0.6 is 0 Å². The molecule has 1 heterocycles. The number of rotatable bonds is 8. The number of carboxylic acid groups (broad SMARTS) is 1. The first-order valence-electron chi connectivity index (χ1n) is 6.73. The lowest BCUT2D eigenvalue weighted by Gasteiger charge is -2.31. The fourth-order valence-corrected chi connectivity index (χ4v) is 2.17. The fourth-order valence-electron chi connectivity index (χ4n) is 2.17. The van der Waals surface area contributed by atoms with Crippen LogP contribution in [0.2, 0.25) is 0 Å². The third-order valence-electron chi connectivity index (χ3n) is 3.32. The average Bonchev–Trinajstić information content (AvgIpc) is 2.44. The smallest absolute Gasteiger partial charge is 0.345 e. The molecular formula is C15H18O5. The summed E-state index contributed by atoms with van der Waals surface area (Å²) in [5.41, 5.74) is 1.13. The van der Waals surface area contributed by atoms with Gasteiger partial charge in [-0.1, -0.05) is 36.8 Å². The molecule has 0 spiro atoms. The zero-order chi connectivity index (χ0) is 14.4. The minimum atomic E-state index is -1.06. The van der Waals surface area contributed by atoms with Gasteiger partial charge in [0.15, 0.2) is 0 Å². The van der Waals surface area contributed by atoms with Crippen molar-refractivity contribution in [2.75, 3.05) is 6.61 Å². The van der Waals surface area contributed by atoms with Crippen molar-refractivity contribution in [2.24, 2.45) is 5.92 Å². The molecule has 0 aromatic heterocycles. The van der Waals surface area contributed by atoms with Crippen LogP contribution < -0.4 is 0 Å². The van der Waals surface area contributed by atoms with Crippen molar-refractivity contribution >= 4 is 11.9 Å². The minimum absolute atomic E-state index is 0.400. The van der Waals surface area contributed by atoms with Gasteiger partial charge in [-0.15, -0.1) is 0 Å². The molecule has 0 amide bonds. The van der Waals surface area contributed by atoms with Crippen LogP contribution in [0.1, 0.15) is 24.8 Å². The molecule has 5 nitrogen and oxygen atoms in total. The number of carbonyl (C=O) groups is 2.